The van der Waals surface area contributed by atoms with Gasteiger partial charge in [0.05, 0.1) is 13.2 Å². The second-order valence-corrected chi connectivity index (χ2v) is 11.6. The summed E-state index contributed by atoms with van der Waals surface area (Å²) in [4.78, 5) is 14.9. The monoisotopic (exact) mass is 560 g/mol. The lowest BCUT2D eigenvalue weighted by Crippen LogP contribution is -2.44. The highest BCUT2D eigenvalue weighted by molar-refractivity contribution is 6.01. The number of aliphatic hydroxyl groups is 1. The van der Waals surface area contributed by atoms with Gasteiger partial charge in [0.1, 0.15) is 23.2 Å². The molecule has 3 aromatic rings. The number of hydrogen-bond acceptors (Lipinski definition) is 7. The van der Waals surface area contributed by atoms with Gasteiger partial charge in [-0.05, 0) is 67.3 Å². The molecule has 8 nitrogen and oxygen atoms in total. The van der Waals surface area contributed by atoms with Gasteiger partial charge in [0.2, 0.25) is 0 Å². The predicted molar refractivity (Wildman–Crippen MR) is 165 cm³/mol. The zero-order valence-corrected chi connectivity index (χ0v) is 25.0. The normalized spacial score (nSPS) is 14.3. The van der Waals surface area contributed by atoms with Crippen molar-refractivity contribution in [3.8, 4) is 17.4 Å². The molecule has 8 heteroatoms. The second kappa shape index (κ2) is 15.4. The Kier molecular flexibility index (Phi) is 12.0. The van der Waals surface area contributed by atoms with Gasteiger partial charge in [0.25, 0.3) is 5.91 Å². The first-order valence-electron chi connectivity index (χ1n) is 14.3. The fraction of sp³-hybridized carbons (Fsp3) is 0.455. The third-order valence-corrected chi connectivity index (χ3v) is 6.45. The lowest BCUT2D eigenvalue weighted by molar-refractivity contribution is -0.118. The number of anilines is 1. The summed E-state index contributed by atoms with van der Waals surface area (Å²) in [5, 5.41) is 27.2. The van der Waals surface area contributed by atoms with E-state index < -0.39 is 11.4 Å². The van der Waals surface area contributed by atoms with E-state index >= 15 is 0 Å². The summed E-state index contributed by atoms with van der Waals surface area (Å²) in [7, 11) is 0. The molecule has 3 N–H and O–H groups in total. The summed E-state index contributed by atoms with van der Waals surface area (Å²) >= 11 is 0. The molecule has 41 heavy (non-hydrogen) atoms. The third kappa shape index (κ3) is 10.4. The SMILES string of the molecule is CC(C)(CCO)NC(=O)/C(C#N)=C/c1ccc(-c2ccc3cc(NCCN4CCOCC4)ccc3c2)o1.CC(C)C. The molecule has 0 radical (unpaired) electrons. The summed E-state index contributed by atoms with van der Waals surface area (Å²) < 4.78 is 11.3. The van der Waals surface area contributed by atoms with Gasteiger partial charge in [-0.1, -0.05) is 39.0 Å². The van der Waals surface area contributed by atoms with Crippen LogP contribution in [0.4, 0.5) is 5.69 Å². The van der Waals surface area contributed by atoms with Crippen LogP contribution in [0.1, 0.15) is 46.8 Å². The van der Waals surface area contributed by atoms with Gasteiger partial charge in [-0.3, -0.25) is 9.69 Å². The van der Waals surface area contributed by atoms with E-state index in [0.29, 0.717) is 17.9 Å². The smallest absolute Gasteiger partial charge is 0.262 e. The van der Waals surface area contributed by atoms with Gasteiger partial charge < -0.3 is 24.9 Å². The Morgan fingerprint density at radius 2 is 1.78 bits per heavy atom. The van der Waals surface area contributed by atoms with E-state index in [1.807, 2.05) is 18.2 Å². The van der Waals surface area contributed by atoms with Crippen molar-refractivity contribution in [3.05, 3.63) is 59.9 Å². The number of amides is 1. The topological polar surface area (TPSA) is 111 Å². The Bertz CT molecular complexity index is 1340. The second-order valence-electron chi connectivity index (χ2n) is 11.6. The number of nitriles is 1. The van der Waals surface area contributed by atoms with E-state index in [1.165, 1.54) is 6.08 Å². The molecule has 1 fully saturated rings. The molecule has 1 aliphatic rings. The number of aliphatic hydroxyl groups excluding tert-OH is 1. The quantitative estimate of drug-likeness (QED) is 0.216. The number of benzene rings is 2. The van der Waals surface area contributed by atoms with Crippen LogP contribution in [-0.4, -0.2) is 67.5 Å². The van der Waals surface area contributed by atoms with Crippen molar-refractivity contribution in [2.75, 3.05) is 51.3 Å². The molecule has 0 bridgehead atoms. The highest BCUT2D eigenvalue weighted by Crippen LogP contribution is 2.28. The van der Waals surface area contributed by atoms with Crippen molar-refractivity contribution >= 4 is 28.4 Å². The van der Waals surface area contributed by atoms with Gasteiger partial charge in [0.15, 0.2) is 0 Å². The van der Waals surface area contributed by atoms with Crippen LogP contribution in [0.15, 0.2) is 58.5 Å². The number of morpholine rings is 1. The first-order chi connectivity index (χ1) is 19.6. The Morgan fingerprint density at radius 3 is 2.46 bits per heavy atom. The van der Waals surface area contributed by atoms with Crippen LogP contribution in [0, 0.1) is 17.2 Å². The maximum atomic E-state index is 12.5. The largest absolute Gasteiger partial charge is 0.457 e. The maximum absolute atomic E-state index is 12.5. The van der Waals surface area contributed by atoms with Gasteiger partial charge in [-0.15, -0.1) is 0 Å². The molecule has 2 heterocycles. The third-order valence-electron chi connectivity index (χ3n) is 6.45. The van der Waals surface area contributed by atoms with Crippen molar-refractivity contribution in [2.24, 2.45) is 5.92 Å². The lowest BCUT2D eigenvalue weighted by Gasteiger charge is -2.26. The van der Waals surface area contributed by atoms with Crippen LogP contribution in [0.2, 0.25) is 0 Å². The molecule has 220 valence electrons. The van der Waals surface area contributed by atoms with E-state index in [1.54, 1.807) is 19.9 Å². The molecule has 0 atom stereocenters. The van der Waals surface area contributed by atoms with Crippen LogP contribution >= 0.6 is 0 Å². The van der Waals surface area contributed by atoms with E-state index in [4.69, 9.17) is 14.3 Å². The van der Waals surface area contributed by atoms with Crippen LogP contribution in [-0.2, 0) is 9.53 Å². The standard InChI is InChI=1S/C29H34N4O4.C4H10/c1-29(2,9-14-34)32-28(35)24(20-30)19-26-7-8-27(37-26)23-4-3-22-18-25(6-5-21(22)17-23)31-10-11-33-12-15-36-16-13-33;1-4(2)3/h3-8,17-19,31,34H,9-16H2,1-2H3,(H,32,35);4H,1-3H3/b24-19+;. The maximum Gasteiger partial charge on any atom is 0.262 e. The number of fused-ring (bicyclic) bond motifs is 1. The Hall–Kier alpha value is -3.64. The number of carbonyl (C=O) groups excluding carboxylic acids is 1. The molecule has 4 rings (SSSR count). The van der Waals surface area contributed by atoms with Gasteiger partial charge in [-0.25, -0.2) is 0 Å². The summed E-state index contributed by atoms with van der Waals surface area (Å²) in [5.41, 5.74) is 1.31. The zero-order chi connectivity index (χ0) is 29.8. The molecule has 1 aliphatic heterocycles. The fourth-order valence-corrected chi connectivity index (χ4v) is 4.29. The van der Waals surface area contributed by atoms with Crippen molar-refractivity contribution in [2.45, 2.75) is 46.6 Å². The summed E-state index contributed by atoms with van der Waals surface area (Å²) in [5.74, 6) is 1.40. The number of nitrogens with one attached hydrogen (secondary N) is 2. The van der Waals surface area contributed by atoms with E-state index in [2.05, 4.69) is 66.6 Å². The minimum Gasteiger partial charge on any atom is -0.457 e. The Morgan fingerprint density at radius 1 is 1.10 bits per heavy atom. The molecule has 0 unspecified atom stereocenters. The highest BCUT2D eigenvalue weighted by Gasteiger charge is 2.22. The Labute approximate surface area is 244 Å². The zero-order valence-electron chi connectivity index (χ0n) is 25.0. The molecule has 1 saturated heterocycles. The number of rotatable bonds is 10. The van der Waals surface area contributed by atoms with E-state index in [0.717, 1.165) is 67.3 Å². The first kappa shape index (κ1) is 31.9. The molecule has 2 aromatic carbocycles. The molecular weight excluding hydrogens is 516 g/mol. The van der Waals surface area contributed by atoms with Gasteiger partial charge in [-0.2, -0.15) is 5.26 Å². The van der Waals surface area contributed by atoms with Crippen LogP contribution in [0.3, 0.4) is 0 Å². The number of nitrogens with zero attached hydrogens (tertiary/aromatic N) is 2. The van der Waals surface area contributed by atoms with Crippen molar-refractivity contribution < 1.29 is 19.1 Å². The number of carbonyl (C=O) groups is 1. The summed E-state index contributed by atoms with van der Waals surface area (Å²) in [6, 6.07) is 18.0. The predicted octanol–water partition coefficient (Wildman–Crippen LogP) is 5.69. The van der Waals surface area contributed by atoms with E-state index in [-0.39, 0.29) is 12.2 Å². The molecule has 0 spiro atoms. The average molecular weight is 561 g/mol. The van der Waals surface area contributed by atoms with Crippen molar-refractivity contribution in [3.63, 3.8) is 0 Å². The van der Waals surface area contributed by atoms with Crippen LogP contribution in [0.5, 0.6) is 0 Å². The van der Waals surface area contributed by atoms with E-state index in [9.17, 15) is 10.1 Å². The van der Waals surface area contributed by atoms with Crippen LogP contribution < -0.4 is 10.6 Å². The van der Waals surface area contributed by atoms with Crippen molar-refractivity contribution in [1.82, 2.24) is 10.2 Å². The highest BCUT2D eigenvalue weighted by atomic mass is 16.5. The molecular formula is C33H44N4O4. The first-order valence-corrected chi connectivity index (χ1v) is 14.3. The molecule has 0 aliphatic carbocycles. The molecule has 1 aromatic heterocycles. The molecule has 1 amide bonds. The van der Waals surface area contributed by atoms with Gasteiger partial charge >= 0.3 is 0 Å². The fourth-order valence-electron chi connectivity index (χ4n) is 4.29. The van der Waals surface area contributed by atoms with Crippen molar-refractivity contribution in [1.29, 1.82) is 5.26 Å². The van der Waals surface area contributed by atoms with Crippen LogP contribution in [0.25, 0.3) is 28.2 Å². The number of hydrogen-bond donors (Lipinski definition) is 3. The number of ether oxygens (including phenoxy) is 1. The average Bonchev–Trinajstić information content (AvgIpc) is 3.40. The lowest BCUT2D eigenvalue weighted by atomic mass is 10.0. The minimum atomic E-state index is -0.626. The Balaban J connectivity index is 0.00000108. The minimum absolute atomic E-state index is 0.0564. The summed E-state index contributed by atoms with van der Waals surface area (Å²) in [6.45, 7) is 15.5. The van der Waals surface area contributed by atoms with Gasteiger partial charge in [0, 0.05) is 55.7 Å². The summed E-state index contributed by atoms with van der Waals surface area (Å²) in [6.07, 6.45) is 1.82. The molecule has 0 saturated carbocycles. The number of furan rings is 1.